The van der Waals surface area contributed by atoms with Gasteiger partial charge in [0.2, 0.25) is 0 Å². The quantitative estimate of drug-likeness (QED) is 0.365. The summed E-state index contributed by atoms with van der Waals surface area (Å²) in [5, 5.41) is 32.1. The van der Waals surface area contributed by atoms with Crippen LogP contribution in [0.15, 0.2) is 12.2 Å². The first kappa shape index (κ1) is 19.1. The first-order valence-electron chi connectivity index (χ1n) is 5.20. The molecule has 0 aliphatic carbocycles. The molecule has 0 atom stereocenters. The molecule has 1 heterocycles. The van der Waals surface area contributed by atoms with E-state index < -0.39 is 11.9 Å². The van der Waals surface area contributed by atoms with E-state index in [-0.39, 0.29) is 31.8 Å². The molecule has 0 spiro atoms. The summed E-state index contributed by atoms with van der Waals surface area (Å²) in [7, 11) is 0. The van der Waals surface area contributed by atoms with E-state index in [2.05, 4.69) is 4.74 Å². The topological polar surface area (TPSA) is 124 Å². The molecule has 0 radical (unpaired) electrons. The van der Waals surface area contributed by atoms with Crippen LogP contribution in [0.2, 0.25) is 0 Å². The van der Waals surface area contributed by atoms with Crippen molar-refractivity contribution in [1.29, 1.82) is 0 Å². The molecule has 0 bridgehead atoms. The van der Waals surface area contributed by atoms with Crippen molar-refractivity contribution in [3.05, 3.63) is 12.2 Å². The van der Waals surface area contributed by atoms with E-state index in [9.17, 15) is 9.59 Å². The Morgan fingerprint density at radius 2 is 1.28 bits per heavy atom. The average molecular weight is 264 g/mol. The Morgan fingerprint density at radius 1 is 0.944 bits per heavy atom. The summed E-state index contributed by atoms with van der Waals surface area (Å²) >= 11 is 0. The van der Waals surface area contributed by atoms with Gasteiger partial charge in [0.25, 0.3) is 0 Å². The summed E-state index contributed by atoms with van der Waals surface area (Å²) in [4.78, 5) is 19.8. The van der Waals surface area contributed by atoms with E-state index in [1.165, 1.54) is 0 Å². The molecule has 106 valence electrons. The third kappa shape index (κ3) is 12.8. The van der Waals surface area contributed by atoms with Crippen molar-refractivity contribution in [1.82, 2.24) is 0 Å². The summed E-state index contributed by atoms with van der Waals surface area (Å²) in [5.74, 6) is -1.16. The zero-order chi connectivity index (χ0) is 14.6. The molecule has 1 rings (SSSR count). The SMILES string of the molecule is CC(C)(CO)CO.O=C1C=CC(=O)O1.OCCO. The van der Waals surface area contributed by atoms with Crippen LogP contribution in [0.3, 0.4) is 0 Å². The van der Waals surface area contributed by atoms with Crippen LogP contribution < -0.4 is 0 Å². The molecule has 0 saturated heterocycles. The van der Waals surface area contributed by atoms with Crippen LogP contribution in [0.1, 0.15) is 13.8 Å². The number of aliphatic hydroxyl groups excluding tert-OH is 4. The summed E-state index contributed by atoms with van der Waals surface area (Å²) in [6.45, 7) is 3.44. The van der Waals surface area contributed by atoms with Gasteiger partial charge in [-0.2, -0.15) is 0 Å². The van der Waals surface area contributed by atoms with E-state index in [4.69, 9.17) is 20.4 Å². The van der Waals surface area contributed by atoms with Crippen molar-refractivity contribution >= 4 is 11.9 Å². The highest BCUT2D eigenvalue weighted by molar-refractivity contribution is 6.04. The number of carbonyl (C=O) groups excluding carboxylic acids is 2. The Bertz CT molecular complexity index is 247. The fourth-order valence-electron chi connectivity index (χ4n) is 0.353. The van der Waals surface area contributed by atoms with Crippen molar-refractivity contribution in [2.45, 2.75) is 13.8 Å². The normalized spacial score (nSPS) is 13.2. The molecule has 4 N–H and O–H groups in total. The van der Waals surface area contributed by atoms with Gasteiger partial charge in [0, 0.05) is 17.6 Å². The lowest BCUT2D eigenvalue weighted by atomic mass is 9.97. The average Bonchev–Trinajstić information content (AvgIpc) is 2.74. The maximum absolute atomic E-state index is 9.92. The van der Waals surface area contributed by atoms with Gasteiger partial charge in [0.15, 0.2) is 0 Å². The van der Waals surface area contributed by atoms with Crippen LogP contribution in [0.4, 0.5) is 0 Å². The number of ether oxygens (including phenoxy) is 1. The highest BCUT2D eigenvalue weighted by Gasteiger charge is 2.13. The number of hydrogen-bond acceptors (Lipinski definition) is 7. The molecular formula is C11H20O7. The predicted octanol–water partition coefficient (Wildman–Crippen LogP) is -1.41. The molecular weight excluding hydrogens is 244 g/mol. The van der Waals surface area contributed by atoms with Crippen molar-refractivity contribution in [3.63, 3.8) is 0 Å². The second-order valence-corrected chi connectivity index (χ2v) is 4.00. The predicted molar refractivity (Wildman–Crippen MR) is 62.4 cm³/mol. The number of cyclic esters (lactones) is 2. The lowest BCUT2D eigenvalue weighted by Crippen LogP contribution is -2.20. The molecule has 0 aromatic carbocycles. The number of esters is 2. The fraction of sp³-hybridized carbons (Fsp3) is 0.636. The second-order valence-electron chi connectivity index (χ2n) is 4.00. The number of carbonyl (C=O) groups is 2. The third-order valence-corrected chi connectivity index (χ3v) is 1.51. The van der Waals surface area contributed by atoms with Gasteiger partial charge >= 0.3 is 11.9 Å². The van der Waals surface area contributed by atoms with Gasteiger partial charge in [-0.05, 0) is 0 Å². The van der Waals surface area contributed by atoms with Gasteiger partial charge in [-0.3, -0.25) is 0 Å². The van der Waals surface area contributed by atoms with E-state index in [1.807, 2.05) is 0 Å². The Hall–Kier alpha value is -1.28. The first-order valence-corrected chi connectivity index (χ1v) is 5.20. The molecule has 0 amide bonds. The lowest BCUT2D eigenvalue weighted by molar-refractivity contribution is -0.150. The van der Waals surface area contributed by atoms with E-state index >= 15 is 0 Å². The molecule has 0 fully saturated rings. The molecule has 1 aliphatic rings. The summed E-state index contributed by atoms with van der Waals surface area (Å²) < 4.78 is 3.97. The molecule has 18 heavy (non-hydrogen) atoms. The van der Waals surface area contributed by atoms with E-state index in [0.29, 0.717) is 0 Å². The van der Waals surface area contributed by atoms with Gasteiger partial charge in [0.1, 0.15) is 0 Å². The van der Waals surface area contributed by atoms with E-state index in [0.717, 1.165) is 12.2 Å². The van der Waals surface area contributed by atoms with Crippen molar-refractivity contribution in [3.8, 4) is 0 Å². The molecule has 0 saturated carbocycles. The molecule has 0 aromatic heterocycles. The van der Waals surface area contributed by atoms with Crippen LogP contribution in [0.25, 0.3) is 0 Å². The molecule has 7 nitrogen and oxygen atoms in total. The summed E-state index contributed by atoms with van der Waals surface area (Å²) in [6, 6.07) is 0. The van der Waals surface area contributed by atoms with Gasteiger partial charge in [0.05, 0.1) is 26.4 Å². The van der Waals surface area contributed by atoms with E-state index in [1.54, 1.807) is 13.8 Å². The second kappa shape index (κ2) is 10.8. The number of hydrogen-bond donors (Lipinski definition) is 4. The summed E-state index contributed by atoms with van der Waals surface area (Å²) in [5.41, 5.74) is -0.306. The summed E-state index contributed by atoms with van der Waals surface area (Å²) in [6.07, 6.45) is 2.17. The van der Waals surface area contributed by atoms with Crippen molar-refractivity contribution in [2.75, 3.05) is 26.4 Å². The Labute approximate surface area is 105 Å². The maximum Gasteiger partial charge on any atom is 0.338 e. The van der Waals surface area contributed by atoms with Crippen molar-refractivity contribution < 1.29 is 34.8 Å². The smallest absolute Gasteiger partial charge is 0.338 e. The Balaban J connectivity index is 0. The minimum absolute atomic E-state index is 0.0451. The zero-order valence-corrected chi connectivity index (χ0v) is 10.5. The van der Waals surface area contributed by atoms with Crippen molar-refractivity contribution in [2.24, 2.45) is 5.41 Å². The van der Waals surface area contributed by atoms with Crippen LogP contribution in [-0.4, -0.2) is 58.8 Å². The van der Waals surface area contributed by atoms with Crippen LogP contribution >= 0.6 is 0 Å². The minimum Gasteiger partial charge on any atom is -0.396 e. The van der Waals surface area contributed by atoms with Crippen LogP contribution in [0, 0.1) is 5.41 Å². The Morgan fingerprint density at radius 3 is 1.33 bits per heavy atom. The fourth-order valence-corrected chi connectivity index (χ4v) is 0.353. The van der Waals surface area contributed by atoms with Crippen LogP contribution in [-0.2, 0) is 14.3 Å². The molecule has 7 heteroatoms. The van der Waals surface area contributed by atoms with Gasteiger partial charge in [-0.25, -0.2) is 9.59 Å². The monoisotopic (exact) mass is 264 g/mol. The lowest BCUT2D eigenvalue weighted by Gasteiger charge is -2.16. The highest BCUT2D eigenvalue weighted by atomic mass is 16.6. The highest BCUT2D eigenvalue weighted by Crippen LogP contribution is 2.10. The first-order chi connectivity index (χ1) is 8.32. The number of aliphatic hydroxyl groups is 4. The van der Waals surface area contributed by atoms with Crippen LogP contribution in [0.5, 0.6) is 0 Å². The maximum atomic E-state index is 9.92. The largest absolute Gasteiger partial charge is 0.396 e. The van der Waals surface area contributed by atoms with Gasteiger partial charge in [-0.15, -0.1) is 0 Å². The Kier molecular flexibility index (Phi) is 11.5. The molecule has 1 aliphatic heterocycles. The van der Waals surface area contributed by atoms with Gasteiger partial charge < -0.3 is 25.2 Å². The third-order valence-electron chi connectivity index (χ3n) is 1.51. The molecule has 0 aromatic rings. The minimum atomic E-state index is -0.579. The standard InChI is InChI=1S/C5H12O2.C4H2O3.C2H6O2/c1-5(2,3-6)4-7;5-3-1-2-4(6)7-3;3-1-2-4/h6-7H,3-4H2,1-2H3;1-2H;3-4H,1-2H2. The molecule has 0 unspecified atom stereocenters. The zero-order valence-electron chi connectivity index (χ0n) is 10.5. The van der Waals surface area contributed by atoms with Gasteiger partial charge in [-0.1, -0.05) is 13.8 Å². The number of rotatable bonds is 3.